The lowest BCUT2D eigenvalue weighted by atomic mass is 10.2. The van der Waals surface area contributed by atoms with Crippen molar-refractivity contribution in [1.82, 2.24) is 9.80 Å². The van der Waals surface area contributed by atoms with E-state index in [1.165, 1.54) is 0 Å². The Hall–Kier alpha value is -0.120. The Kier molecular flexibility index (Phi) is 2.87. The predicted octanol–water partition coefficient (Wildman–Crippen LogP) is -0.421. The second-order valence-electron chi connectivity index (χ2n) is 3.55. The van der Waals surface area contributed by atoms with Gasteiger partial charge in [-0.1, -0.05) is 6.92 Å². The number of nitrogens with zero attached hydrogens (tertiary/aromatic N) is 2. The summed E-state index contributed by atoms with van der Waals surface area (Å²) in [6.45, 7) is 5.49. The molecule has 1 aliphatic rings. The van der Waals surface area contributed by atoms with E-state index in [1.807, 2.05) is 0 Å². The van der Waals surface area contributed by atoms with Crippen LogP contribution in [0.1, 0.15) is 6.92 Å². The SMILES string of the molecule is CCN1C[C@H](N)[C@@H](N(C)C)C1. The van der Waals surface area contributed by atoms with Crippen LogP contribution in [0.5, 0.6) is 0 Å². The van der Waals surface area contributed by atoms with Crippen molar-refractivity contribution in [3.05, 3.63) is 0 Å². The van der Waals surface area contributed by atoms with E-state index in [1.54, 1.807) is 0 Å². The van der Waals surface area contributed by atoms with Gasteiger partial charge in [0.25, 0.3) is 0 Å². The van der Waals surface area contributed by atoms with Crippen molar-refractivity contribution in [2.75, 3.05) is 33.7 Å². The topological polar surface area (TPSA) is 32.5 Å². The maximum Gasteiger partial charge on any atom is 0.0380 e. The highest BCUT2D eigenvalue weighted by molar-refractivity contribution is 4.91. The first-order valence-corrected chi connectivity index (χ1v) is 4.29. The number of hydrogen-bond acceptors (Lipinski definition) is 3. The number of hydrogen-bond donors (Lipinski definition) is 1. The summed E-state index contributed by atoms with van der Waals surface area (Å²) in [5.74, 6) is 0. The molecule has 0 unspecified atom stereocenters. The molecule has 2 N–H and O–H groups in total. The van der Waals surface area contributed by atoms with Gasteiger partial charge in [0.05, 0.1) is 0 Å². The third-order valence-electron chi connectivity index (χ3n) is 2.52. The van der Waals surface area contributed by atoms with Gasteiger partial charge >= 0.3 is 0 Å². The van der Waals surface area contributed by atoms with Crippen LogP contribution < -0.4 is 5.73 Å². The molecule has 2 atom stereocenters. The minimum atomic E-state index is 0.338. The molecule has 3 nitrogen and oxygen atoms in total. The van der Waals surface area contributed by atoms with Crippen LogP contribution in [0.3, 0.4) is 0 Å². The molecule has 0 aromatic carbocycles. The molecule has 0 aromatic rings. The van der Waals surface area contributed by atoms with Crippen molar-refractivity contribution >= 4 is 0 Å². The number of likely N-dealkylation sites (tertiary alicyclic amines) is 1. The minimum Gasteiger partial charge on any atom is -0.325 e. The lowest BCUT2D eigenvalue weighted by Gasteiger charge is -2.22. The first-order valence-electron chi connectivity index (χ1n) is 4.29. The van der Waals surface area contributed by atoms with Gasteiger partial charge in [-0.2, -0.15) is 0 Å². The highest BCUT2D eigenvalue weighted by atomic mass is 15.3. The fraction of sp³-hybridized carbons (Fsp3) is 1.00. The molecular formula is C8H19N3. The van der Waals surface area contributed by atoms with Crippen molar-refractivity contribution in [3.63, 3.8) is 0 Å². The summed E-state index contributed by atoms with van der Waals surface area (Å²) in [5, 5.41) is 0. The lowest BCUT2D eigenvalue weighted by molar-refractivity contribution is 0.268. The van der Waals surface area contributed by atoms with E-state index in [-0.39, 0.29) is 0 Å². The number of rotatable bonds is 2. The van der Waals surface area contributed by atoms with Gasteiger partial charge in [-0.15, -0.1) is 0 Å². The average Bonchev–Trinajstić information content (AvgIpc) is 2.30. The molecule has 1 saturated heterocycles. The smallest absolute Gasteiger partial charge is 0.0380 e. The minimum absolute atomic E-state index is 0.338. The Morgan fingerprint density at radius 1 is 1.45 bits per heavy atom. The van der Waals surface area contributed by atoms with Crippen molar-refractivity contribution < 1.29 is 0 Å². The maximum atomic E-state index is 5.96. The molecule has 11 heavy (non-hydrogen) atoms. The second-order valence-corrected chi connectivity index (χ2v) is 3.55. The van der Waals surface area contributed by atoms with Gasteiger partial charge in [-0.25, -0.2) is 0 Å². The third kappa shape index (κ3) is 1.92. The van der Waals surface area contributed by atoms with E-state index in [2.05, 4.69) is 30.8 Å². The second kappa shape index (κ2) is 3.52. The summed E-state index contributed by atoms with van der Waals surface area (Å²) in [4.78, 5) is 4.62. The summed E-state index contributed by atoms with van der Waals surface area (Å²) in [6.07, 6.45) is 0. The molecule has 1 aliphatic heterocycles. The van der Waals surface area contributed by atoms with Crippen molar-refractivity contribution in [3.8, 4) is 0 Å². The molecule has 0 aromatic heterocycles. The standard InChI is InChI=1S/C8H19N3/c1-4-11-5-7(9)8(6-11)10(2)3/h7-8H,4-6,9H2,1-3H3/t7-,8-/m0/s1. The highest BCUT2D eigenvalue weighted by Crippen LogP contribution is 2.11. The molecule has 1 fully saturated rings. The van der Waals surface area contributed by atoms with E-state index < -0.39 is 0 Å². The molecule has 0 saturated carbocycles. The zero-order chi connectivity index (χ0) is 8.43. The molecule has 1 heterocycles. The lowest BCUT2D eigenvalue weighted by Crippen LogP contribution is -2.43. The summed E-state index contributed by atoms with van der Waals surface area (Å²) in [5.41, 5.74) is 5.96. The quantitative estimate of drug-likeness (QED) is 0.591. The normalized spacial score (nSPS) is 33.5. The zero-order valence-electron chi connectivity index (χ0n) is 7.75. The summed E-state index contributed by atoms with van der Waals surface area (Å²) in [7, 11) is 4.20. The Morgan fingerprint density at radius 2 is 2.09 bits per heavy atom. The Balaban J connectivity index is 2.45. The first kappa shape index (κ1) is 8.97. The van der Waals surface area contributed by atoms with Crippen LogP contribution in [-0.4, -0.2) is 55.6 Å². The van der Waals surface area contributed by atoms with Gasteiger partial charge in [-0.05, 0) is 20.6 Å². The van der Waals surface area contributed by atoms with Gasteiger partial charge in [0.15, 0.2) is 0 Å². The Labute approximate surface area is 69.1 Å². The van der Waals surface area contributed by atoms with Crippen LogP contribution in [0.25, 0.3) is 0 Å². The monoisotopic (exact) mass is 157 g/mol. The molecule has 3 heteroatoms. The van der Waals surface area contributed by atoms with Crippen molar-refractivity contribution in [2.24, 2.45) is 5.73 Å². The van der Waals surface area contributed by atoms with Gasteiger partial charge in [0.2, 0.25) is 0 Å². The fourth-order valence-corrected chi connectivity index (χ4v) is 1.70. The zero-order valence-corrected chi connectivity index (χ0v) is 7.75. The van der Waals surface area contributed by atoms with Crippen LogP contribution in [-0.2, 0) is 0 Å². The van der Waals surface area contributed by atoms with Gasteiger partial charge < -0.3 is 15.5 Å². The molecule has 1 rings (SSSR count). The maximum absolute atomic E-state index is 5.96. The van der Waals surface area contributed by atoms with Crippen LogP contribution in [0, 0.1) is 0 Å². The molecule has 0 aliphatic carbocycles. The van der Waals surface area contributed by atoms with Crippen LogP contribution in [0.2, 0.25) is 0 Å². The fourth-order valence-electron chi connectivity index (χ4n) is 1.70. The van der Waals surface area contributed by atoms with Crippen molar-refractivity contribution in [2.45, 2.75) is 19.0 Å². The Bertz CT molecular complexity index is 125. The van der Waals surface area contributed by atoms with E-state index >= 15 is 0 Å². The molecule has 66 valence electrons. The van der Waals surface area contributed by atoms with Crippen LogP contribution in [0.4, 0.5) is 0 Å². The first-order chi connectivity index (χ1) is 5.15. The summed E-state index contributed by atoms with van der Waals surface area (Å²) < 4.78 is 0. The van der Waals surface area contributed by atoms with E-state index in [0.717, 1.165) is 19.6 Å². The van der Waals surface area contributed by atoms with Gasteiger partial charge in [0.1, 0.15) is 0 Å². The molecule has 0 spiro atoms. The number of likely N-dealkylation sites (N-methyl/N-ethyl adjacent to an activating group) is 2. The van der Waals surface area contributed by atoms with E-state index in [0.29, 0.717) is 12.1 Å². The van der Waals surface area contributed by atoms with Crippen LogP contribution >= 0.6 is 0 Å². The largest absolute Gasteiger partial charge is 0.325 e. The predicted molar refractivity (Wildman–Crippen MR) is 47.6 cm³/mol. The molecular weight excluding hydrogens is 138 g/mol. The van der Waals surface area contributed by atoms with Gasteiger partial charge in [-0.3, -0.25) is 0 Å². The van der Waals surface area contributed by atoms with Crippen molar-refractivity contribution in [1.29, 1.82) is 0 Å². The summed E-state index contributed by atoms with van der Waals surface area (Å²) in [6, 6.07) is 0.889. The van der Waals surface area contributed by atoms with Crippen LogP contribution in [0.15, 0.2) is 0 Å². The Morgan fingerprint density at radius 3 is 2.36 bits per heavy atom. The van der Waals surface area contributed by atoms with Gasteiger partial charge in [0, 0.05) is 25.2 Å². The third-order valence-corrected chi connectivity index (χ3v) is 2.52. The van der Waals surface area contributed by atoms with E-state index in [4.69, 9.17) is 5.73 Å². The average molecular weight is 157 g/mol. The summed E-state index contributed by atoms with van der Waals surface area (Å²) >= 11 is 0. The highest BCUT2D eigenvalue weighted by Gasteiger charge is 2.30. The molecule has 0 radical (unpaired) electrons. The molecule has 0 amide bonds. The van der Waals surface area contributed by atoms with E-state index in [9.17, 15) is 0 Å². The molecule has 0 bridgehead atoms. The number of nitrogens with two attached hydrogens (primary N) is 1.